The second-order valence-corrected chi connectivity index (χ2v) is 11.1. The first kappa shape index (κ1) is 18.1. The summed E-state index contributed by atoms with van der Waals surface area (Å²) in [6.45, 7) is 11.5. The Balaban J connectivity index is 2.18. The van der Waals surface area contributed by atoms with Crippen LogP contribution >= 0.6 is 0 Å². The van der Waals surface area contributed by atoms with E-state index in [0.29, 0.717) is 52.9 Å². The van der Waals surface area contributed by atoms with Crippen LogP contribution in [-0.2, 0) is 23.7 Å². The summed E-state index contributed by atoms with van der Waals surface area (Å²) >= 11 is 0. The van der Waals surface area contributed by atoms with Crippen LogP contribution in [0, 0.1) is 0 Å². The fourth-order valence-corrected chi connectivity index (χ4v) is 3.45. The molecule has 0 aromatic heterocycles. The minimum Gasteiger partial charge on any atom is -0.379 e. The van der Waals surface area contributed by atoms with Gasteiger partial charge in [-0.15, -0.1) is 0 Å². The van der Waals surface area contributed by atoms with Gasteiger partial charge in [-0.05, 0) is 12.1 Å². The molecule has 0 aliphatic carbocycles. The SMILES string of the molecule is C[Si]1(C)CCOCCOCCOCCOCCOCC1. The lowest BCUT2D eigenvalue weighted by molar-refractivity contribution is -0.0100. The van der Waals surface area contributed by atoms with Crippen molar-refractivity contribution in [2.45, 2.75) is 25.2 Å². The van der Waals surface area contributed by atoms with Crippen molar-refractivity contribution in [2.24, 2.45) is 0 Å². The monoisotopic (exact) mass is 306 g/mol. The van der Waals surface area contributed by atoms with E-state index in [1.54, 1.807) is 0 Å². The second kappa shape index (κ2) is 11.7. The summed E-state index contributed by atoms with van der Waals surface area (Å²) in [6.07, 6.45) is 0. The Morgan fingerprint density at radius 2 is 0.700 bits per heavy atom. The first-order valence-corrected chi connectivity index (χ1v) is 11.0. The Bertz CT molecular complexity index is 206. The van der Waals surface area contributed by atoms with Gasteiger partial charge in [-0.3, -0.25) is 0 Å². The lowest BCUT2D eigenvalue weighted by Crippen LogP contribution is -2.29. The summed E-state index contributed by atoms with van der Waals surface area (Å²) in [6, 6.07) is 2.35. The second-order valence-electron chi connectivity index (χ2n) is 5.73. The highest BCUT2D eigenvalue weighted by atomic mass is 28.3. The molecule has 1 aliphatic heterocycles. The maximum absolute atomic E-state index is 5.62. The van der Waals surface area contributed by atoms with Crippen LogP contribution in [0.5, 0.6) is 0 Å². The van der Waals surface area contributed by atoms with Crippen LogP contribution in [0.2, 0.25) is 25.2 Å². The molecule has 1 fully saturated rings. The molecule has 6 heteroatoms. The Morgan fingerprint density at radius 1 is 0.450 bits per heavy atom. The van der Waals surface area contributed by atoms with Crippen LogP contribution < -0.4 is 0 Å². The third-order valence-corrected chi connectivity index (χ3v) is 6.45. The Hall–Kier alpha value is 0.0169. The zero-order valence-corrected chi connectivity index (χ0v) is 14.0. The summed E-state index contributed by atoms with van der Waals surface area (Å²) in [5, 5.41) is 0. The zero-order valence-electron chi connectivity index (χ0n) is 13.0. The summed E-state index contributed by atoms with van der Waals surface area (Å²) in [5.41, 5.74) is 0. The third kappa shape index (κ3) is 10.8. The van der Waals surface area contributed by atoms with Crippen LogP contribution in [0.25, 0.3) is 0 Å². The molecular weight excluding hydrogens is 276 g/mol. The van der Waals surface area contributed by atoms with Crippen molar-refractivity contribution in [3.63, 3.8) is 0 Å². The molecule has 0 N–H and O–H groups in total. The van der Waals surface area contributed by atoms with Crippen molar-refractivity contribution in [3.8, 4) is 0 Å². The van der Waals surface area contributed by atoms with Crippen LogP contribution in [0.15, 0.2) is 0 Å². The molecule has 0 aromatic carbocycles. The van der Waals surface area contributed by atoms with Crippen molar-refractivity contribution < 1.29 is 23.7 Å². The Kier molecular flexibility index (Phi) is 10.5. The van der Waals surface area contributed by atoms with Crippen molar-refractivity contribution in [2.75, 3.05) is 66.1 Å². The van der Waals surface area contributed by atoms with Gasteiger partial charge in [-0.1, -0.05) is 13.1 Å². The number of ether oxygens (including phenoxy) is 5. The van der Waals surface area contributed by atoms with Gasteiger partial charge >= 0.3 is 0 Å². The first-order chi connectivity index (χ1) is 9.71. The van der Waals surface area contributed by atoms with Gasteiger partial charge in [0, 0.05) is 13.2 Å². The number of rotatable bonds is 0. The molecule has 1 saturated heterocycles. The lowest BCUT2D eigenvalue weighted by Gasteiger charge is -2.22. The van der Waals surface area contributed by atoms with E-state index in [1.165, 1.54) is 12.1 Å². The van der Waals surface area contributed by atoms with Gasteiger partial charge in [0.15, 0.2) is 0 Å². The lowest BCUT2D eigenvalue weighted by atomic mass is 10.7. The van der Waals surface area contributed by atoms with E-state index < -0.39 is 8.07 Å². The van der Waals surface area contributed by atoms with E-state index in [2.05, 4.69) is 13.1 Å². The van der Waals surface area contributed by atoms with Crippen LogP contribution in [0.4, 0.5) is 0 Å². The smallest absolute Gasteiger partial charge is 0.0701 e. The van der Waals surface area contributed by atoms with Crippen molar-refractivity contribution >= 4 is 8.07 Å². The average Bonchev–Trinajstić information content (AvgIpc) is 2.41. The summed E-state index contributed by atoms with van der Waals surface area (Å²) < 4.78 is 27.5. The molecule has 0 bridgehead atoms. The summed E-state index contributed by atoms with van der Waals surface area (Å²) in [7, 11) is -1.19. The van der Waals surface area contributed by atoms with E-state index in [-0.39, 0.29) is 0 Å². The van der Waals surface area contributed by atoms with Crippen molar-refractivity contribution in [3.05, 3.63) is 0 Å². The molecule has 1 heterocycles. The molecule has 120 valence electrons. The largest absolute Gasteiger partial charge is 0.379 e. The van der Waals surface area contributed by atoms with Crippen molar-refractivity contribution in [1.29, 1.82) is 0 Å². The topological polar surface area (TPSA) is 46.2 Å². The molecular formula is C14H30O5Si. The highest BCUT2D eigenvalue weighted by molar-refractivity contribution is 6.77. The normalized spacial score (nSPS) is 25.5. The van der Waals surface area contributed by atoms with Gasteiger partial charge < -0.3 is 23.7 Å². The van der Waals surface area contributed by atoms with Gasteiger partial charge in [0.1, 0.15) is 0 Å². The molecule has 0 aromatic rings. The summed E-state index contributed by atoms with van der Waals surface area (Å²) in [5.74, 6) is 0. The fourth-order valence-electron chi connectivity index (χ4n) is 1.80. The van der Waals surface area contributed by atoms with Gasteiger partial charge in [0.25, 0.3) is 0 Å². The molecule has 1 rings (SSSR count). The standard InChI is InChI=1S/C14H30O5Si/c1-20(2)13-11-18-9-7-16-5-3-15-4-6-17-8-10-19-12-14-20/h3-14H2,1-2H3. The maximum atomic E-state index is 5.62. The van der Waals surface area contributed by atoms with E-state index >= 15 is 0 Å². The maximum Gasteiger partial charge on any atom is 0.0701 e. The molecule has 20 heavy (non-hydrogen) atoms. The molecule has 1 aliphatic rings. The molecule has 0 atom stereocenters. The molecule has 0 saturated carbocycles. The van der Waals surface area contributed by atoms with E-state index in [0.717, 1.165) is 13.2 Å². The zero-order chi connectivity index (χ0) is 14.5. The third-order valence-electron chi connectivity index (χ3n) is 3.33. The minimum absolute atomic E-state index is 0.611. The average molecular weight is 306 g/mol. The van der Waals surface area contributed by atoms with Gasteiger partial charge in [-0.25, -0.2) is 0 Å². The Morgan fingerprint density at radius 3 is 1.00 bits per heavy atom. The molecule has 0 spiro atoms. The number of hydrogen-bond acceptors (Lipinski definition) is 5. The van der Waals surface area contributed by atoms with E-state index in [4.69, 9.17) is 23.7 Å². The molecule has 5 nitrogen and oxygen atoms in total. The molecule has 0 radical (unpaired) electrons. The fraction of sp³-hybridized carbons (Fsp3) is 1.00. The minimum atomic E-state index is -1.19. The van der Waals surface area contributed by atoms with Gasteiger partial charge in [0.2, 0.25) is 0 Å². The van der Waals surface area contributed by atoms with Crippen LogP contribution in [0.1, 0.15) is 0 Å². The van der Waals surface area contributed by atoms with E-state index in [9.17, 15) is 0 Å². The predicted octanol–water partition coefficient (Wildman–Crippen LogP) is 1.79. The van der Waals surface area contributed by atoms with Crippen molar-refractivity contribution in [1.82, 2.24) is 0 Å². The first-order valence-electron chi connectivity index (χ1n) is 7.59. The van der Waals surface area contributed by atoms with Crippen LogP contribution in [0.3, 0.4) is 0 Å². The van der Waals surface area contributed by atoms with Gasteiger partial charge in [0.05, 0.1) is 60.9 Å². The number of hydrogen-bond donors (Lipinski definition) is 0. The van der Waals surface area contributed by atoms with Gasteiger partial charge in [-0.2, -0.15) is 0 Å². The Labute approximate surface area is 123 Å². The quantitative estimate of drug-likeness (QED) is 0.639. The highest BCUT2D eigenvalue weighted by Gasteiger charge is 2.19. The van der Waals surface area contributed by atoms with E-state index in [1.807, 2.05) is 0 Å². The molecule has 0 unspecified atom stereocenters. The van der Waals surface area contributed by atoms with Crippen LogP contribution in [-0.4, -0.2) is 74.1 Å². The molecule has 0 amide bonds. The highest BCUT2D eigenvalue weighted by Crippen LogP contribution is 2.15. The summed E-state index contributed by atoms with van der Waals surface area (Å²) in [4.78, 5) is 0. The predicted molar refractivity (Wildman–Crippen MR) is 81.2 cm³/mol.